The highest BCUT2D eigenvalue weighted by Crippen LogP contribution is 2.30. The standard InChI is InChI=1S/C22H24N2O5/c1-22(2,3)29-21(26)24-17-12-16(9-10-19(17)27-4)23-20(25)15-11-14-7-5-6-8-18(14)28-13-15/h5-12H,13H2,1-4H3,(H,23,25)(H,24,26). The van der Waals surface area contributed by atoms with E-state index in [-0.39, 0.29) is 12.5 Å². The van der Waals surface area contributed by atoms with Crippen LogP contribution in [0, 0.1) is 0 Å². The molecule has 1 aliphatic rings. The Morgan fingerprint density at radius 3 is 2.55 bits per heavy atom. The Morgan fingerprint density at radius 1 is 1.07 bits per heavy atom. The largest absolute Gasteiger partial charge is 0.495 e. The van der Waals surface area contributed by atoms with Crippen LogP contribution in [-0.4, -0.2) is 31.3 Å². The van der Waals surface area contributed by atoms with Crippen LogP contribution in [0.5, 0.6) is 11.5 Å². The van der Waals surface area contributed by atoms with E-state index in [4.69, 9.17) is 14.2 Å². The highest BCUT2D eigenvalue weighted by molar-refractivity contribution is 6.08. The van der Waals surface area contributed by atoms with E-state index in [2.05, 4.69) is 10.6 Å². The van der Waals surface area contributed by atoms with Crippen LogP contribution in [0.15, 0.2) is 48.0 Å². The van der Waals surface area contributed by atoms with Gasteiger partial charge in [-0.25, -0.2) is 4.79 Å². The number of carbonyl (C=O) groups excluding carboxylic acids is 2. The molecule has 0 bridgehead atoms. The predicted molar refractivity (Wildman–Crippen MR) is 111 cm³/mol. The van der Waals surface area contributed by atoms with Crippen LogP contribution in [0.3, 0.4) is 0 Å². The number of rotatable bonds is 4. The molecular formula is C22H24N2O5. The molecule has 7 nitrogen and oxygen atoms in total. The van der Waals surface area contributed by atoms with Crippen molar-refractivity contribution in [3.8, 4) is 11.5 Å². The van der Waals surface area contributed by atoms with Gasteiger partial charge in [-0.2, -0.15) is 0 Å². The van der Waals surface area contributed by atoms with Crippen LogP contribution < -0.4 is 20.1 Å². The Hall–Kier alpha value is -3.48. The van der Waals surface area contributed by atoms with Gasteiger partial charge in [0.2, 0.25) is 0 Å². The van der Waals surface area contributed by atoms with Gasteiger partial charge in [-0.3, -0.25) is 10.1 Å². The van der Waals surface area contributed by atoms with Crippen molar-refractivity contribution in [3.63, 3.8) is 0 Å². The fourth-order valence-corrected chi connectivity index (χ4v) is 2.76. The third kappa shape index (κ3) is 5.28. The van der Waals surface area contributed by atoms with Crippen molar-refractivity contribution in [3.05, 3.63) is 53.6 Å². The molecule has 0 aliphatic carbocycles. The summed E-state index contributed by atoms with van der Waals surface area (Å²) in [6.45, 7) is 5.51. The van der Waals surface area contributed by atoms with Crippen LogP contribution in [0.25, 0.3) is 6.08 Å². The lowest BCUT2D eigenvalue weighted by Crippen LogP contribution is -2.27. The summed E-state index contributed by atoms with van der Waals surface area (Å²) in [5, 5.41) is 5.47. The second kappa shape index (κ2) is 8.26. The summed E-state index contributed by atoms with van der Waals surface area (Å²) >= 11 is 0. The molecule has 0 saturated heterocycles. The van der Waals surface area contributed by atoms with Crippen LogP contribution in [-0.2, 0) is 9.53 Å². The van der Waals surface area contributed by atoms with Crippen LogP contribution in [0.2, 0.25) is 0 Å². The number of fused-ring (bicyclic) bond motifs is 1. The minimum absolute atomic E-state index is 0.183. The molecule has 0 aromatic heterocycles. The SMILES string of the molecule is COc1ccc(NC(=O)C2=Cc3ccccc3OC2)cc1NC(=O)OC(C)(C)C. The van der Waals surface area contributed by atoms with E-state index in [1.54, 1.807) is 45.0 Å². The summed E-state index contributed by atoms with van der Waals surface area (Å²) < 4.78 is 16.2. The van der Waals surface area contributed by atoms with Gasteiger partial charge in [0, 0.05) is 11.3 Å². The first-order valence-electron chi connectivity index (χ1n) is 9.17. The predicted octanol–water partition coefficient (Wildman–Crippen LogP) is 4.46. The first-order valence-corrected chi connectivity index (χ1v) is 9.17. The van der Waals surface area contributed by atoms with E-state index in [0.717, 1.165) is 11.3 Å². The average molecular weight is 396 g/mol. The van der Waals surface area contributed by atoms with E-state index in [1.807, 2.05) is 24.3 Å². The van der Waals surface area contributed by atoms with Gasteiger partial charge in [-0.1, -0.05) is 18.2 Å². The molecule has 2 amide bonds. The fourth-order valence-electron chi connectivity index (χ4n) is 2.76. The summed E-state index contributed by atoms with van der Waals surface area (Å²) in [4.78, 5) is 24.7. The van der Waals surface area contributed by atoms with Crippen LogP contribution in [0.4, 0.5) is 16.2 Å². The molecule has 0 unspecified atom stereocenters. The van der Waals surface area contributed by atoms with Crippen molar-refractivity contribution in [2.24, 2.45) is 0 Å². The number of ether oxygens (including phenoxy) is 3. The number of methoxy groups -OCH3 is 1. The summed E-state index contributed by atoms with van der Waals surface area (Å²) in [6, 6.07) is 12.5. The molecule has 152 valence electrons. The molecule has 0 spiro atoms. The number of benzene rings is 2. The maximum atomic E-state index is 12.7. The van der Waals surface area contributed by atoms with Crippen molar-refractivity contribution >= 4 is 29.5 Å². The Bertz CT molecular complexity index is 960. The number of amides is 2. The Balaban J connectivity index is 1.75. The molecule has 1 heterocycles. The zero-order valence-electron chi connectivity index (χ0n) is 16.9. The van der Waals surface area contributed by atoms with Gasteiger partial charge in [0.25, 0.3) is 5.91 Å². The third-order valence-electron chi connectivity index (χ3n) is 4.02. The van der Waals surface area contributed by atoms with Crippen molar-refractivity contribution in [2.45, 2.75) is 26.4 Å². The smallest absolute Gasteiger partial charge is 0.412 e. The first kappa shape index (κ1) is 20.3. The molecule has 0 atom stereocenters. The van der Waals surface area contributed by atoms with Gasteiger partial charge in [-0.05, 0) is 51.1 Å². The number of hydrogen-bond acceptors (Lipinski definition) is 5. The minimum atomic E-state index is -0.632. The molecule has 0 radical (unpaired) electrons. The molecule has 3 rings (SSSR count). The quantitative estimate of drug-likeness (QED) is 0.797. The second-order valence-corrected chi connectivity index (χ2v) is 7.49. The normalized spacial score (nSPS) is 12.8. The van der Waals surface area contributed by atoms with Crippen LogP contribution >= 0.6 is 0 Å². The molecule has 1 aliphatic heterocycles. The third-order valence-corrected chi connectivity index (χ3v) is 4.02. The maximum absolute atomic E-state index is 12.7. The Morgan fingerprint density at radius 2 is 1.83 bits per heavy atom. The molecule has 29 heavy (non-hydrogen) atoms. The fraction of sp³-hybridized carbons (Fsp3) is 0.273. The van der Waals surface area contributed by atoms with Crippen molar-refractivity contribution in [1.29, 1.82) is 0 Å². The van der Waals surface area contributed by atoms with Gasteiger partial charge in [0.05, 0.1) is 18.4 Å². The lowest BCUT2D eigenvalue weighted by molar-refractivity contribution is -0.113. The van der Waals surface area contributed by atoms with Crippen molar-refractivity contribution in [1.82, 2.24) is 0 Å². The number of carbonyl (C=O) groups is 2. The lowest BCUT2D eigenvalue weighted by atomic mass is 10.1. The van der Waals surface area contributed by atoms with E-state index >= 15 is 0 Å². The van der Waals surface area contributed by atoms with E-state index in [1.165, 1.54) is 7.11 Å². The maximum Gasteiger partial charge on any atom is 0.412 e. The second-order valence-electron chi connectivity index (χ2n) is 7.49. The van der Waals surface area contributed by atoms with E-state index in [9.17, 15) is 9.59 Å². The van der Waals surface area contributed by atoms with Crippen molar-refractivity contribution in [2.75, 3.05) is 24.4 Å². The van der Waals surface area contributed by atoms with E-state index in [0.29, 0.717) is 22.7 Å². The topological polar surface area (TPSA) is 85.9 Å². The molecule has 2 aromatic rings. The van der Waals surface area contributed by atoms with Gasteiger partial charge in [0.1, 0.15) is 23.7 Å². The molecule has 2 N–H and O–H groups in total. The van der Waals surface area contributed by atoms with Gasteiger partial charge in [0.15, 0.2) is 0 Å². The average Bonchev–Trinajstić information content (AvgIpc) is 2.66. The van der Waals surface area contributed by atoms with Gasteiger partial charge < -0.3 is 19.5 Å². The molecule has 2 aromatic carbocycles. The highest BCUT2D eigenvalue weighted by Gasteiger charge is 2.20. The Labute approximate surface area is 169 Å². The molecule has 7 heteroatoms. The van der Waals surface area contributed by atoms with Crippen LogP contribution in [0.1, 0.15) is 26.3 Å². The van der Waals surface area contributed by atoms with Crippen molar-refractivity contribution < 1.29 is 23.8 Å². The zero-order chi connectivity index (χ0) is 21.0. The van der Waals surface area contributed by atoms with Gasteiger partial charge in [-0.15, -0.1) is 0 Å². The first-order chi connectivity index (χ1) is 13.7. The lowest BCUT2D eigenvalue weighted by Gasteiger charge is -2.21. The number of nitrogens with one attached hydrogen (secondary N) is 2. The summed E-state index contributed by atoms with van der Waals surface area (Å²) in [7, 11) is 1.50. The minimum Gasteiger partial charge on any atom is -0.495 e. The number of anilines is 2. The highest BCUT2D eigenvalue weighted by atomic mass is 16.6. The van der Waals surface area contributed by atoms with Gasteiger partial charge >= 0.3 is 6.09 Å². The van der Waals surface area contributed by atoms with E-state index < -0.39 is 11.7 Å². The molecular weight excluding hydrogens is 372 g/mol. The number of para-hydroxylation sites is 1. The Kier molecular flexibility index (Phi) is 5.77. The zero-order valence-corrected chi connectivity index (χ0v) is 16.9. The summed E-state index contributed by atoms with van der Waals surface area (Å²) in [6.07, 6.45) is 1.19. The molecule has 0 saturated carbocycles. The summed E-state index contributed by atoms with van der Waals surface area (Å²) in [5.41, 5.74) is 1.61. The summed E-state index contributed by atoms with van der Waals surface area (Å²) in [5.74, 6) is 0.910. The number of hydrogen-bond donors (Lipinski definition) is 2. The molecule has 0 fully saturated rings. The monoisotopic (exact) mass is 396 g/mol.